The number of halogens is 1. The minimum atomic E-state index is -3.46. The Morgan fingerprint density at radius 3 is 2.67 bits per heavy atom. The fraction of sp³-hybridized carbons (Fsp3) is 0.368. The van der Waals surface area contributed by atoms with Gasteiger partial charge in [-0.05, 0) is 49.9 Å². The van der Waals surface area contributed by atoms with Crippen molar-refractivity contribution in [3.05, 3.63) is 45.8 Å². The van der Waals surface area contributed by atoms with Gasteiger partial charge in [0.2, 0.25) is 0 Å². The lowest BCUT2D eigenvalue weighted by Crippen LogP contribution is -2.68. The predicted octanol–water partition coefficient (Wildman–Crippen LogP) is 4.07. The third-order valence-electron chi connectivity index (χ3n) is 5.56. The highest BCUT2D eigenvalue weighted by Gasteiger charge is 2.59. The summed E-state index contributed by atoms with van der Waals surface area (Å²) in [5, 5.41) is 21.1. The van der Waals surface area contributed by atoms with Gasteiger partial charge in [0, 0.05) is 9.75 Å². The van der Waals surface area contributed by atoms with E-state index in [1.807, 2.05) is 12.1 Å². The van der Waals surface area contributed by atoms with Crippen molar-refractivity contribution in [2.75, 3.05) is 5.75 Å². The second-order valence-electron chi connectivity index (χ2n) is 7.42. The van der Waals surface area contributed by atoms with Gasteiger partial charge in [-0.15, -0.1) is 11.3 Å². The Balaban J connectivity index is 1.75. The Hall–Kier alpha value is -1.88. The van der Waals surface area contributed by atoms with E-state index in [9.17, 15) is 8.42 Å². The van der Waals surface area contributed by atoms with Crippen LogP contribution >= 0.6 is 22.9 Å². The maximum absolute atomic E-state index is 13.0. The molecule has 0 radical (unpaired) electrons. The Labute approximate surface area is 167 Å². The highest BCUT2D eigenvalue weighted by atomic mass is 35.5. The number of hydrogen-bond acceptors (Lipinski definition) is 5. The lowest BCUT2D eigenvalue weighted by Gasteiger charge is -2.50. The molecule has 2 heterocycles. The molecule has 2 N–H and O–H groups in total. The summed E-state index contributed by atoms with van der Waals surface area (Å²) in [5.74, 6) is 0.000281. The topological polar surface area (TPSA) is 93.8 Å². The number of amidine groups is 1. The molecule has 1 spiro atoms. The lowest BCUT2D eigenvalue weighted by molar-refractivity contribution is 0.363. The van der Waals surface area contributed by atoms with Crippen LogP contribution in [0.5, 0.6) is 0 Å². The van der Waals surface area contributed by atoms with Crippen LogP contribution in [-0.4, -0.2) is 24.8 Å². The van der Waals surface area contributed by atoms with Crippen molar-refractivity contribution in [1.29, 1.82) is 10.7 Å². The minimum absolute atomic E-state index is 0.0830. The monoisotopic (exact) mass is 419 g/mol. The number of nitrogens with one attached hydrogen (secondary N) is 2. The summed E-state index contributed by atoms with van der Waals surface area (Å²) < 4.78 is 25.0. The molecule has 0 amide bonds. The summed E-state index contributed by atoms with van der Waals surface area (Å²) in [6, 6.07) is 11.1. The number of hydrogen-bond donors (Lipinski definition) is 2. The minimum Gasteiger partial charge on any atom is -0.362 e. The molecule has 4 rings (SSSR count). The van der Waals surface area contributed by atoms with Crippen LogP contribution in [0.4, 0.5) is 0 Å². The molecule has 1 saturated heterocycles. The van der Waals surface area contributed by atoms with E-state index < -0.39 is 20.1 Å². The number of nitriles is 1. The average Bonchev–Trinajstić information content (AvgIpc) is 2.94. The molecular formula is C19H18ClN3O2S2. The zero-order valence-electron chi connectivity index (χ0n) is 14.7. The van der Waals surface area contributed by atoms with Crippen LogP contribution in [0.3, 0.4) is 0 Å². The van der Waals surface area contributed by atoms with E-state index in [1.165, 1.54) is 11.3 Å². The van der Waals surface area contributed by atoms with Gasteiger partial charge in [-0.3, -0.25) is 5.41 Å². The number of nitrogens with zero attached hydrogens (tertiary/aromatic N) is 1. The van der Waals surface area contributed by atoms with Gasteiger partial charge in [0.15, 0.2) is 9.84 Å². The molecule has 0 unspecified atom stereocenters. The van der Waals surface area contributed by atoms with E-state index in [1.54, 1.807) is 25.1 Å². The summed E-state index contributed by atoms with van der Waals surface area (Å²) in [7, 11) is -3.46. The number of sulfone groups is 1. The predicted molar refractivity (Wildman–Crippen MR) is 108 cm³/mol. The number of rotatable bonds is 2. The van der Waals surface area contributed by atoms with Crippen LogP contribution in [-0.2, 0) is 15.4 Å². The standard InChI is InChI=1S/C19H18ClN3O2S2/c1-18(11-27(24,25)19(6-3-7-19)17(22)23-18)16-14(20)9-15(26-16)13-5-2-4-12(8-13)10-21/h2,4-5,8-9H,3,6-7,11H2,1H3,(H2,22,23)/t18-/m0/s1. The zero-order chi connectivity index (χ0) is 19.4. The highest BCUT2D eigenvalue weighted by Crippen LogP contribution is 2.48. The lowest BCUT2D eigenvalue weighted by atomic mass is 9.82. The second-order valence-corrected chi connectivity index (χ2v) is 11.2. The van der Waals surface area contributed by atoms with Gasteiger partial charge in [-0.2, -0.15) is 5.26 Å². The van der Waals surface area contributed by atoms with E-state index in [0.717, 1.165) is 16.9 Å². The fourth-order valence-electron chi connectivity index (χ4n) is 3.91. The van der Waals surface area contributed by atoms with Gasteiger partial charge >= 0.3 is 0 Å². The van der Waals surface area contributed by atoms with Gasteiger partial charge in [0.25, 0.3) is 0 Å². The first-order chi connectivity index (χ1) is 12.7. The molecule has 2 aromatic rings. The number of benzene rings is 1. The molecular weight excluding hydrogens is 402 g/mol. The first kappa shape index (κ1) is 18.5. The van der Waals surface area contributed by atoms with Gasteiger partial charge in [0.05, 0.1) is 27.9 Å². The Morgan fingerprint density at radius 1 is 1.33 bits per heavy atom. The smallest absolute Gasteiger partial charge is 0.165 e. The van der Waals surface area contributed by atoms with Crippen molar-refractivity contribution < 1.29 is 8.42 Å². The van der Waals surface area contributed by atoms with Crippen molar-refractivity contribution >= 4 is 38.6 Å². The summed E-state index contributed by atoms with van der Waals surface area (Å²) in [6.45, 7) is 1.79. The summed E-state index contributed by atoms with van der Waals surface area (Å²) in [5.41, 5.74) is 0.473. The molecule has 27 heavy (non-hydrogen) atoms. The summed E-state index contributed by atoms with van der Waals surface area (Å²) in [4.78, 5) is 1.56. The molecule has 1 aliphatic heterocycles. The number of thiophene rings is 1. The summed E-state index contributed by atoms with van der Waals surface area (Å²) in [6.07, 6.45) is 1.86. The normalized spacial score (nSPS) is 25.4. The van der Waals surface area contributed by atoms with E-state index in [4.69, 9.17) is 22.3 Å². The molecule has 1 aromatic heterocycles. The van der Waals surface area contributed by atoms with Gasteiger partial charge in [-0.1, -0.05) is 23.7 Å². The molecule has 1 aromatic carbocycles. The van der Waals surface area contributed by atoms with E-state index in [2.05, 4.69) is 11.4 Å². The maximum Gasteiger partial charge on any atom is 0.165 e. The average molecular weight is 420 g/mol. The van der Waals surface area contributed by atoms with Crippen LogP contribution < -0.4 is 5.32 Å². The molecule has 1 aliphatic carbocycles. The van der Waals surface area contributed by atoms with Crippen LogP contribution in [0.1, 0.15) is 36.6 Å². The van der Waals surface area contributed by atoms with Crippen LogP contribution in [0.2, 0.25) is 5.02 Å². The fourth-order valence-corrected chi connectivity index (χ4v) is 8.17. The quantitative estimate of drug-likeness (QED) is 0.766. The van der Waals surface area contributed by atoms with Crippen LogP contribution in [0, 0.1) is 16.7 Å². The first-order valence-electron chi connectivity index (χ1n) is 8.61. The van der Waals surface area contributed by atoms with E-state index in [0.29, 0.717) is 28.3 Å². The van der Waals surface area contributed by atoms with Crippen molar-refractivity contribution in [3.63, 3.8) is 0 Å². The molecule has 1 saturated carbocycles. The molecule has 0 bridgehead atoms. The summed E-state index contributed by atoms with van der Waals surface area (Å²) >= 11 is 7.89. The SMILES string of the molecule is C[C@@]1(c2sc(-c3cccc(C#N)c3)cc2Cl)CS(=O)(=O)C2(CCC2)C(=N)N1. The molecule has 5 nitrogen and oxygen atoms in total. The molecule has 140 valence electrons. The van der Waals surface area contributed by atoms with Crippen molar-refractivity contribution in [3.8, 4) is 16.5 Å². The Kier molecular flexibility index (Phi) is 4.15. The van der Waals surface area contributed by atoms with Crippen LogP contribution in [0.15, 0.2) is 30.3 Å². The zero-order valence-corrected chi connectivity index (χ0v) is 17.1. The van der Waals surface area contributed by atoms with Crippen molar-refractivity contribution in [2.24, 2.45) is 0 Å². The molecule has 2 aliphatic rings. The largest absolute Gasteiger partial charge is 0.362 e. The van der Waals surface area contributed by atoms with E-state index >= 15 is 0 Å². The third-order valence-corrected chi connectivity index (χ3v) is 10.2. The van der Waals surface area contributed by atoms with Gasteiger partial charge in [-0.25, -0.2) is 8.42 Å². The second kappa shape index (κ2) is 6.06. The molecule has 2 fully saturated rings. The van der Waals surface area contributed by atoms with Gasteiger partial charge < -0.3 is 5.32 Å². The highest BCUT2D eigenvalue weighted by molar-refractivity contribution is 7.93. The van der Waals surface area contributed by atoms with Crippen LogP contribution in [0.25, 0.3) is 10.4 Å². The molecule has 8 heteroatoms. The van der Waals surface area contributed by atoms with Gasteiger partial charge in [0.1, 0.15) is 10.6 Å². The Bertz CT molecular complexity index is 1100. The first-order valence-corrected chi connectivity index (χ1v) is 11.5. The van der Waals surface area contributed by atoms with Crippen molar-refractivity contribution in [1.82, 2.24) is 5.32 Å². The third kappa shape index (κ3) is 2.70. The molecule has 1 atom stereocenters. The Morgan fingerprint density at radius 2 is 2.07 bits per heavy atom. The van der Waals surface area contributed by atoms with Crippen molar-refractivity contribution in [2.45, 2.75) is 36.5 Å². The maximum atomic E-state index is 13.0. The van der Waals surface area contributed by atoms with E-state index in [-0.39, 0.29) is 11.6 Å².